The lowest BCUT2D eigenvalue weighted by Crippen LogP contribution is -2.46. The first-order valence-corrected chi connectivity index (χ1v) is 5.11. The van der Waals surface area contributed by atoms with Crippen LogP contribution in [0.3, 0.4) is 0 Å². The molecular weight excluding hydrogens is 192 g/mol. The number of amides is 2. The summed E-state index contributed by atoms with van der Waals surface area (Å²) in [5, 5.41) is 3.16. The number of nitrogens with one attached hydrogen (secondary N) is 1. The van der Waals surface area contributed by atoms with E-state index in [0.717, 1.165) is 6.42 Å². The van der Waals surface area contributed by atoms with E-state index in [9.17, 15) is 9.59 Å². The highest BCUT2D eigenvalue weighted by Crippen LogP contribution is 2.18. The Morgan fingerprint density at radius 3 is 2.20 bits per heavy atom. The molecule has 15 heavy (non-hydrogen) atoms. The molecular formula is C11H18N2O2. The van der Waals surface area contributed by atoms with Gasteiger partial charge in [0.15, 0.2) is 0 Å². The second-order valence-electron chi connectivity index (χ2n) is 4.57. The van der Waals surface area contributed by atoms with Gasteiger partial charge in [0.1, 0.15) is 0 Å². The van der Waals surface area contributed by atoms with E-state index in [4.69, 9.17) is 0 Å². The summed E-state index contributed by atoms with van der Waals surface area (Å²) in [6, 6.07) is -0.0811. The number of nitrogens with zero attached hydrogens (tertiary/aromatic N) is 1. The van der Waals surface area contributed by atoms with Gasteiger partial charge in [0.2, 0.25) is 0 Å². The van der Waals surface area contributed by atoms with Gasteiger partial charge in [0, 0.05) is 23.7 Å². The van der Waals surface area contributed by atoms with Crippen molar-refractivity contribution >= 4 is 11.8 Å². The fourth-order valence-electron chi connectivity index (χ4n) is 1.78. The molecule has 1 heterocycles. The average Bonchev–Trinajstić information content (AvgIpc) is 2.45. The number of hydrogen-bond donors (Lipinski definition) is 1. The Kier molecular flexibility index (Phi) is 3.29. The zero-order chi connectivity index (χ0) is 11.6. The number of rotatable bonds is 4. The maximum Gasteiger partial charge on any atom is 0.253 e. The molecule has 0 aromatic carbocycles. The fourth-order valence-corrected chi connectivity index (χ4v) is 1.78. The topological polar surface area (TPSA) is 49.4 Å². The highest BCUT2D eigenvalue weighted by atomic mass is 16.2. The molecule has 1 aliphatic heterocycles. The zero-order valence-electron chi connectivity index (χ0n) is 9.70. The summed E-state index contributed by atoms with van der Waals surface area (Å²) in [5.74, 6) is -0.418. The maximum atomic E-state index is 11.4. The molecule has 84 valence electrons. The summed E-state index contributed by atoms with van der Waals surface area (Å²) in [5.41, 5.74) is -0.0808. The molecule has 0 aromatic heterocycles. The smallest absolute Gasteiger partial charge is 0.253 e. The van der Waals surface area contributed by atoms with E-state index in [-0.39, 0.29) is 23.4 Å². The largest absolute Gasteiger partial charge is 0.315 e. The van der Waals surface area contributed by atoms with Gasteiger partial charge in [-0.3, -0.25) is 14.5 Å². The molecule has 0 bridgehead atoms. The first-order chi connectivity index (χ1) is 6.87. The molecule has 2 amide bonds. The van der Waals surface area contributed by atoms with Crippen LogP contribution in [-0.2, 0) is 9.59 Å². The summed E-state index contributed by atoms with van der Waals surface area (Å²) in [6.45, 7) is 5.98. The van der Waals surface area contributed by atoms with Crippen LogP contribution in [0, 0.1) is 0 Å². The Morgan fingerprint density at radius 2 is 1.80 bits per heavy atom. The zero-order valence-corrected chi connectivity index (χ0v) is 9.70. The van der Waals surface area contributed by atoms with Crippen LogP contribution in [0.4, 0.5) is 0 Å². The third kappa shape index (κ3) is 2.65. The van der Waals surface area contributed by atoms with Gasteiger partial charge < -0.3 is 5.32 Å². The highest BCUT2D eigenvalue weighted by molar-refractivity contribution is 6.13. The Morgan fingerprint density at radius 1 is 1.33 bits per heavy atom. The van der Waals surface area contributed by atoms with Crippen LogP contribution in [0.2, 0.25) is 0 Å². The van der Waals surface area contributed by atoms with E-state index in [1.165, 1.54) is 17.1 Å². The van der Waals surface area contributed by atoms with Gasteiger partial charge in [-0.05, 0) is 34.2 Å². The number of hydrogen-bond acceptors (Lipinski definition) is 3. The van der Waals surface area contributed by atoms with E-state index in [1.807, 2.05) is 27.8 Å². The van der Waals surface area contributed by atoms with Crippen molar-refractivity contribution < 1.29 is 9.59 Å². The first kappa shape index (κ1) is 11.9. The Labute approximate surface area is 90.3 Å². The molecule has 1 aliphatic rings. The van der Waals surface area contributed by atoms with Gasteiger partial charge in [0.05, 0.1) is 0 Å². The molecule has 0 fully saturated rings. The monoisotopic (exact) mass is 210 g/mol. The lowest BCUT2D eigenvalue weighted by atomic mass is 9.95. The molecule has 0 spiro atoms. The van der Waals surface area contributed by atoms with Crippen molar-refractivity contribution in [2.24, 2.45) is 0 Å². The van der Waals surface area contributed by atoms with Crippen LogP contribution in [-0.4, -0.2) is 35.3 Å². The van der Waals surface area contributed by atoms with Crippen LogP contribution >= 0.6 is 0 Å². The quantitative estimate of drug-likeness (QED) is 0.694. The Bertz CT molecular complexity index is 290. The van der Waals surface area contributed by atoms with Gasteiger partial charge >= 0.3 is 0 Å². The predicted octanol–water partition coefficient (Wildman–Crippen LogP) is 0.688. The van der Waals surface area contributed by atoms with E-state index in [2.05, 4.69) is 5.32 Å². The van der Waals surface area contributed by atoms with Crippen molar-refractivity contribution in [1.29, 1.82) is 0 Å². The van der Waals surface area contributed by atoms with Crippen LogP contribution in [0.1, 0.15) is 27.2 Å². The molecule has 0 saturated heterocycles. The normalized spacial score (nSPS) is 18.8. The maximum absolute atomic E-state index is 11.4. The molecule has 1 rings (SSSR count). The lowest BCUT2D eigenvalue weighted by molar-refractivity contribution is -0.139. The molecule has 4 nitrogen and oxygen atoms in total. The van der Waals surface area contributed by atoms with Crippen LogP contribution < -0.4 is 5.32 Å². The van der Waals surface area contributed by atoms with Gasteiger partial charge in [0.25, 0.3) is 11.8 Å². The van der Waals surface area contributed by atoms with Crippen molar-refractivity contribution in [2.75, 3.05) is 7.05 Å². The van der Waals surface area contributed by atoms with Gasteiger partial charge in [-0.25, -0.2) is 0 Å². The van der Waals surface area contributed by atoms with Crippen LogP contribution in [0.25, 0.3) is 0 Å². The predicted molar refractivity (Wildman–Crippen MR) is 58.2 cm³/mol. The summed E-state index contributed by atoms with van der Waals surface area (Å²) >= 11 is 0. The average molecular weight is 210 g/mol. The molecule has 0 saturated carbocycles. The van der Waals surface area contributed by atoms with Gasteiger partial charge in [-0.15, -0.1) is 0 Å². The molecule has 0 aromatic rings. The van der Waals surface area contributed by atoms with E-state index in [1.54, 1.807) is 0 Å². The molecule has 1 atom stereocenters. The standard InChI is InChI=1S/C11H18N2O2/c1-8(7-11(2,3)12-4)13-9(14)5-6-10(13)15/h5-6,8,12H,7H2,1-4H3. The van der Waals surface area contributed by atoms with Crippen LogP contribution in [0.5, 0.6) is 0 Å². The second-order valence-corrected chi connectivity index (χ2v) is 4.57. The number of carbonyl (C=O) groups is 2. The van der Waals surface area contributed by atoms with Crippen molar-refractivity contribution in [1.82, 2.24) is 10.2 Å². The summed E-state index contributed by atoms with van der Waals surface area (Å²) in [7, 11) is 1.87. The van der Waals surface area contributed by atoms with Crippen LogP contribution in [0.15, 0.2) is 12.2 Å². The first-order valence-electron chi connectivity index (χ1n) is 5.11. The van der Waals surface area contributed by atoms with Gasteiger partial charge in [-0.1, -0.05) is 0 Å². The van der Waals surface area contributed by atoms with E-state index in [0.29, 0.717) is 0 Å². The summed E-state index contributed by atoms with van der Waals surface area (Å²) in [4.78, 5) is 24.1. The molecule has 0 radical (unpaired) electrons. The molecule has 0 aliphatic carbocycles. The van der Waals surface area contributed by atoms with Crippen molar-refractivity contribution in [3.63, 3.8) is 0 Å². The third-order valence-electron chi connectivity index (χ3n) is 2.77. The SMILES string of the molecule is CNC(C)(C)CC(C)N1C(=O)C=CC1=O. The van der Waals surface area contributed by atoms with Crippen molar-refractivity contribution in [3.8, 4) is 0 Å². The fraction of sp³-hybridized carbons (Fsp3) is 0.636. The third-order valence-corrected chi connectivity index (χ3v) is 2.77. The molecule has 1 N–H and O–H groups in total. The summed E-state index contributed by atoms with van der Waals surface area (Å²) in [6.07, 6.45) is 3.39. The minimum absolute atomic E-state index is 0.0808. The molecule has 1 unspecified atom stereocenters. The number of imide groups is 1. The Hall–Kier alpha value is -1.16. The van der Waals surface area contributed by atoms with Gasteiger partial charge in [-0.2, -0.15) is 0 Å². The Balaban J connectivity index is 2.66. The minimum atomic E-state index is -0.209. The number of carbonyl (C=O) groups excluding carboxylic acids is 2. The van der Waals surface area contributed by atoms with Crippen molar-refractivity contribution in [3.05, 3.63) is 12.2 Å². The molecule has 4 heteroatoms. The minimum Gasteiger partial charge on any atom is -0.315 e. The van der Waals surface area contributed by atoms with E-state index < -0.39 is 0 Å². The lowest BCUT2D eigenvalue weighted by Gasteiger charge is -2.31. The summed E-state index contributed by atoms with van der Waals surface area (Å²) < 4.78 is 0. The highest BCUT2D eigenvalue weighted by Gasteiger charge is 2.31. The van der Waals surface area contributed by atoms with E-state index >= 15 is 0 Å². The second kappa shape index (κ2) is 4.14. The van der Waals surface area contributed by atoms with Crippen molar-refractivity contribution in [2.45, 2.75) is 38.8 Å².